The summed E-state index contributed by atoms with van der Waals surface area (Å²) in [6, 6.07) is 9.77. The fourth-order valence-corrected chi connectivity index (χ4v) is 2.39. The van der Waals surface area contributed by atoms with Gasteiger partial charge in [-0.05, 0) is 59.1 Å². The zero-order chi connectivity index (χ0) is 14.5. The zero-order valence-electron chi connectivity index (χ0n) is 11.5. The Morgan fingerprint density at radius 2 is 2.00 bits per heavy atom. The number of nitrogens with one attached hydrogen (secondary N) is 1. The van der Waals surface area contributed by atoms with E-state index in [9.17, 15) is 0 Å². The van der Waals surface area contributed by atoms with Gasteiger partial charge in [-0.1, -0.05) is 12.1 Å². The van der Waals surface area contributed by atoms with Gasteiger partial charge in [0.25, 0.3) is 0 Å². The molecular formula is C15H18BrN3O. The number of nitrogens with zero attached hydrogens (tertiary/aromatic N) is 1. The molecule has 0 saturated carbocycles. The molecule has 0 saturated heterocycles. The third-order valence-electron chi connectivity index (χ3n) is 2.79. The minimum atomic E-state index is -0.129. The van der Waals surface area contributed by atoms with Gasteiger partial charge < -0.3 is 4.74 Å². The van der Waals surface area contributed by atoms with Gasteiger partial charge in [-0.15, -0.1) is 0 Å². The van der Waals surface area contributed by atoms with E-state index in [-0.39, 0.29) is 12.1 Å². The lowest BCUT2D eigenvalue weighted by atomic mass is 10.0. The molecule has 1 aromatic carbocycles. The Morgan fingerprint density at radius 3 is 2.65 bits per heavy atom. The number of nitrogens with two attached hydrogens (primary N) is 1. The second kappa shape index (κ2) is 6.83. The van der Waals surface area contributed by atoms with Crippen LogP contribution in [0.25, 0.3) is 0 Å². The monoisotopic (exact) mass is 335 g/mol. The molecule has 5 heteroatoms. The molecule has 0 aliphatic heterocycles. The molecule has 0 aliphatic carbocycles. The smallest absolute Gasteiger partial charge is 0.120 e. The van der Waals surface area contributed by atoms with Crippen molar-refractivity contribution in [3.05, 3.63) is 58.3 Å². The van der Waals surface area contributed by atoms with Crippen LogP contribution >= 0.6 is 15.9 Å². The van der Waals surface area contributed by atoms with Crippen molar-refractivity contribution in [2.24, 2.45) is 5.84 Å². The molecular weight excluding hydrogens is 318 g/mol. The van der Waals surface area contributed by atoms with E-state index in [1.54, 1.807) is 12.4 Å². The Morgan fingerprint density at radius 1 is 1.20 bits per heavy atom. The highest BCUT2D eigenvalue weighted by atomic mass is 79.9. The summed E-state index contributed by atoms with van der Waals surface area (Å²) in [4.78, 5) is 4.18. The third kappa shape index (κ3) is 3.79. The van der Waals surface area contributed by atoms with E-state index >= 15 is 0 Å². The molecule has 0 amide bonds. The molecule has 0 aliphatic rings. The first-order valence-electron chi connectivity index (χ1n) is 6.43. The van der Waals surface area contributed by atoms with E-state index in [1.807, 2.05) is 44.2 Å². The lowest BCUT2D eigenvalue weighted by Crippen LogP contribution is -2.29. The molecule has 1 atom stereocenters. The molecule has 106 valence electrons. The molecule has 2 aromatic rings. The average Bonchev–Trinajstić information content (AvgIpc) is 2.39. The first kappa shape index (κ1) is 15.0. The van der Waals surface area contributed by atoms with Gasteiger partial charge in [0.2, 0.25) is 0 Å². The van der Waals surface area contributed by atoms with Crippen molar-refractivity contribution in [2.45, 2.75) is 26.0 Å². The summed E-state index contributed by atoms with van der Waals surface area (Å²) in [5, 5.41) is 0. The number of halogens is 1. The van der Waals surface area contributed by atoms with Gasteiger partial charge in [-0.25, -0.2) is 5.43 Å². The Hall–Kier alpha value is -1.43. The van der Waals surface area contributed by atoms with Crippen LogP contribution in [0, 0.1) is 0 Å². The number of hydrogen-bond acceptors (Lipinski definition) is 4. The van der Waals surface area contributed by atoms with Crippen LogP contribution in [0.4, 0.5) is 0 Å². The van der Waals surface area contributed by atoms with Crippen molar-refractivity contribution >= 4 is 15.9 Å². The van der Waals surface area contributed by atoms with Crippen LogP contribution in [0.3, 0.4) is 0 Å². The van der Waals surface area contributed by atoms with Crippen LogP contribution in [0.1, 0.15) is 31.0 Å². The zero-order valence-corrected chi connectivity index (χ0v) is 13.1. The van der Waals surface area contributed by atoms with Gasteiger partial charge in [0.05, 0.1) is 12.1 Å². The summed E-state index contributed by atoms with van der Waals surface area (Å²) in [6.45, 7) is 4.01. The molecule has 0 fully saturated rings. The molecule has 3 N–H and O–H groups in total. The molecule has 1 heterocycles. The topological polar surface area (TPSA) is 60.2 Å². The Bertz CT molecular complexity index is 575. The lowest BCUT2D eigenvalue weighted by Gasteiger charge is -2.18. The van der Waals surface area contributed by atoms with Gasteiger partial charge in [0.1, 0.15) is 5.75 Å². The third-order valence-corrected chi connectivity index (χ3v) is 3.22. The normalized spacial score (nSPS) is 12.4. The number of benzene rings is 1. The molecule has 1 unspecified atom stereocenters. The highest BCUT2D eigenvalue weighted by Gasteiger charge is 2.14. The van der Waals surface area contributed by atoms with E-state index in [4.69, 9.17) is 10.6 Å². The van der Waals surface area contributed by atoms with E-state index in [1.165, 1.54) is 0 Å². The van der Waals surface area contributed by atoms with Crippen molar-refractivity contribution in [2.75, 3.05) is 0 Å². The van der Waals surface area contributed by atoms with Crippen LogP contribution in [-0.2, 0) is 0 Å². The maximum atomic E-state index is 5.72. The van der Waals surface area contributed by atoms with Gasteiger partial charge in [0, 0.05) is 16.9 Å². The number of aromatic nitrogens is 1. The van der Waals surface area contributed by atoms with E-state index in [0.29, 0.717) is 0 Å². The van der Waals surface area contributed by atoms with Crippen LogP contribution in [0.2, 0.25) is 0 Å². The summed E-state index contributed by atoms with van der Waals surface area (Å²) in [6.07, 6.45) is 3.68. The average molecular weight is 336 g/mol. The molecule has 20 heavy (non-hydrogen) atoms. The molecule has 4 nitrogen and oxygen atoms in total. The second-order valence-corrected chi connectivity index (χ2v) is 5.69. The predicted molar refractivity (Wildman–Crippen MR) is 83.3 cm³/mol. The quantitative estimate of drug-likeness (QED) is 0.650. The summed E-state index contributed by atoms with van der Waals surface area (Å²) in [5.41, 5.74) is 4.85. The molecule has 2 rings (SSSR count). The van der Waals surface area contributed by atoms with Crippen LogP contribution in [-0.4, -0.2) is 11.1 Å². The molecule has 0 spiro atoms. The summed E-state index contributed by atoms with van der Waals surface area (Å²) in [5.74, 6) is 6.54. The number of rotatable bonds is 5. The largest absolute Gasteiger partial charge is 0.491 e. The minimum absolute atomic E-state index is 0.129. The fraction of sp³-hybridized carbons (Fsp3) is 0.267. The molecule has 1 aromatic heterocycles. The van der Waals surface area contributed by atoms with E-state index in [2.05, 4.69) is 26.3 Å². The number of hydrogen-bond donors (Lipinski definition) is 2. The maximum Gasteiger partial charge on any atom is 0.120 e. The lowest BCUT2D eigenvalue weighted by molar-refractivity contribution is 0.242. The Labute approximate surface area is 127 Å². The van der Waals surface area contributed by atoms with Crippen LogP contribution in [0.15, 0.2) is 47.2 Å². The summed E-state index contributed by atoms with van der Waals surface area (Å²) in [7, 11) is 0. The highest BCUT2D eigenvalue weighted by molar-refractivity contribution is 9.10. The predicted octanol–water partition coefficient (Wildman–Crippen LogP) is 3.18. The Balaban J connectivity index is 2.32. The second-order valence-electron chi connectivity index (χ2n) is 4.78. The summed E-state index contributed by atoms with van der Waals surface area (Å²) >= 11 is 3.42. The molecule has 0 bridgehead atoms. The first-order chi connectivity index (χ1) is 9.60. The Kier molecular flexibility index (Phi) is 5.11. The van der Waals surface area contributed by atoms with Gasteiger partial charge in [-0.2, -0.15) is 0 Å². The van der Waals surface area contributed by atoms with Crippen molar-refractivity contribution in [1.29, 1.82) is 0 Å². The van der Waals surface area contributed by atoms with Gasteiger partial charge in [-0.3, -0.25) is 10.8 Å². The van der Waals surface area contributed by atoms with Crippen LogP contribution in [0.5, 0.6) is 5.75 Å². The van der Waals surface area contributed by atoms with Crippen molar-refractivity contribution < 1.29 is 4.74 Å². The van der Waals surface area contributed by atoms with E-state index in [0.717, 1.165) is 21.3 Å². The number of hydrazine groups is 1. The summed E-state index contributed by atoms with van der Waals surface area (Å²) < 4.78 is 6.64. The standard InChI is InChI=1S/C15H18BrN3O/c1-10(2)20-14-5-3-4-11(7-14)15(19-17)12-6-13(16)9-18-8-12/h3-10,15,19H,17H2,1-2H3. The minimum Gasteiger partial charge on any atom is -0.491 e. The fourth-order valence-electron chi connectivity index (χ4n) is 2.01. The van der Waals surface area contributed by atoms with Crippen molar-refractivity contribution in [3.63, 3.8) is 0 Å². The highest BCUT2D eigenvalue weighted by Crippen LogP contribution is 2.26. The molecule has 0 radical (unpaired) electrons. The number of pyridine rings is 1. The first-order valence-corrected chi connectivity index (χ1v) is 7.22. The van der Waals surface area contributed by atoms with Gasteiger partial charge >= 0.3 is 0 Å². The van der Waals surface area contributed by atoms with Crippen molar-refractivity contribution in [3.8, 4) is 5.75 Å². The maximum absolute atomic E-state index is 5.72. The van der Waals surface area contributed by atoms with Crippen molar-refractivity contribution in [1.82, 2.24) is 10.4 Å². The van der Waals surface area contributed by atoms with Gasteiger partial charge in [0.15, 0.2) is 0 Å². The SMILES string of the molecule is CC(C)Oc1cccc(C(NN)c2cncc(Br)c2)c1. The van der Waals surface area contributed by atoms with Crippen LogP contribution < -0.4 is 16.0 Å². The number of ether oxygens (including phenoxy) is 1. The van der Waals surface area contributed by atoms with E-state index < -0.39 is 0 Å².